The maximum Gasteiger partial charge on any atom is 1.00 e. The summed E-state index contributed by atoms with van der Waals surface area (Å²) in [7, 11) is 3.88. The first-order valence-corrected chi connectivity index (χ1v) is 3.89. The van der Waals surface area contributed by atoms with Crippen molar-refractivity contribution in [2.24, 2.45) is 0 Å². The Bertz CT molecular complexity index is 92.1. The number of nitrogens with zero attached hydrogens (tertiary/aromatic N) is 1. The van der Waals surface area contributed by atoms with Crippen LogP contribution < -0.4 is 34.7 Å². The van der Waals surface area contributed by atoms with Crippen LogP contribution in [0.25, 0.3) is 0 Å². The van der Waals surface area contributed by atoms with Crippen molar-refractivity contribution >= 4 is 0 Å². The van der Waals surface area contributed by atoms with Gasteiger partial charge >= 0.3 is 29.6 Å². The van der Waals surface area contributed by atoms with Gasteiger partial charge < -0.3 is 10.0 Å². The summed E-state index contributed by atoms with van der Waals surface area (Å²) in [4.78, 5) is 1.96. The Morgan fingerprint density at radius 1 is 1.18 bits per heavy atom. The Kier molecular flexibility index (Phi) is 8.45. The third-order valence-corrected chi connectivity index (χ3v) is 1.89. The van der Waals surface area contributed by atoms with Gasteiger partial charge in [0.15, 0.2) is 0 Å². The average molecular weight is 167 g/mol. The number of likely N-dealkylation sites (N-methyl/N-ethyl adjacent to an activating group) is 1. The molecule has 11 heavy (non-hydrogen) atoms. The Balaban J connectivity index is 0. The molecule has 0 aliphatic heterocycles. The molecule has 0 radical (unpaired) electrons. The zero-order valence-electron chi connectivity index (χ0n) is 8.48. The number of rotatable bonds is 4. The van der Waals surface area contributed by atoms with Crippen molar-refractivity contribution in [3.8, 4) is 0 Å². The van der Waals surface area contributed by atoms with Crippen molar-refractivity contribution in [3.05, 3.63) is 0 Å². The molecule has 0 aromatic carbocycles. The summed E-state index contributed by atoms with van der Waals surface area (Å²) < 4.78 is 0. The average Bonchev–Trinajstić information content (AvgIpc) is 1.87. The Hall–Kier alpha value is 0.920. The van der Waals surface area contributed by atoms with Gasteiger partial charge in [-0.15, -0.1) is 5.60 Å². The molecular weight excluding hydrogens is 149 g/mol. The molecule has 62 valence electrons. The summed E-state index contributed by atoms with van der Waals surface area (Å²) in [6.45, 7) is 4.57. The van der Waals surface area contributed by atoms with Crippen LogP contribution in [0.3, 0.4) is 0 Å². The summed E-state index contributed by atoms with van der Waals surface area (Å²) in [5.41, 5.74) is -0.719. The zero-order valence-corrected chi connectivity index (χ0v) is 10.5. The van der Waals surface area contributed by atoms with Crippen molar-refractivity contribution in [1.29, 1.82) is 0 Å². The fraction of sp³-hybridized carbons (Fsp3) is 1.00. The van der Waals surface area contributed by atoms with Gasteiger partial charge in [-0.25, -0.2) is 0 Å². The van der Waals surface area contributed by atoms with E-state index in [0.717, 1.165) is 12.8 Å². The molecule has 0 saturated heterocycles. The molecule has 0 bridgehead atoms. The van der Waals surface area contributed by atoms with E-state index in [1.54, 1.807) is 0 Å². The maximum atomic E-state index is 11.6. The van der Waals surface area contributed by atoms with Gasteiger partial charge in [0, 0.05) is 0 Å². The molecule has 0 aromatic rings. The standard InChI is InChI=1S/C8H18NO.Na/c1-5-8(10,6-2)7-9(3)4;/h5-7H2,1-4H3;/q-1;+1. The monoisotopic (exact) mass is 167 g/mol. The summed E-state index contributed by atoms with van der Waals surface area (Å²) in [6.07, 6.45) is 1.45. The molecule has 0 fully saturated rings. The van der Waals surface area contributed by atoms with Gasteiger partial charge in [-0.1, -0.05) is 26.7 Å². The van der Waals surface area contributed by atoms with Crippen molar-refractivity contribution in [3.63, 3.8) is 0 Å². The van der Waals surface area contributed by atoms with Gasteiger partial charge in [0.25, 0.3) is 0 Å². The molecule has 0 rings (SSSR count). The Morgan fingerprint density at radius 3 is 1.64 bits per heavy atom. The van der Waals surface area contributed by atoms with Gasteiger partial charge in [0.2, 0.25) is 0 Å². The molecule has 0 aromatic heterocycles. The zero-order chi connectivity index (χ0) is 8.20. The quantitative estimate of drug-likeness (QED) is 0.432. The second-order valence-corrected chi connectivity index (χ2v) is 3.13. The van der Waals surface area contributed by atoms with Crippen LogP contribution in [0.1, 0.15) is 26.7 Å². The van der Waals surface area contributed by atoms with Crippen LogP contribution in [0.5, 0.6) is 0 Å². The fourth-order valence-corrected chi connectivity index (χ4v) is 1.05. The van der Waals surface area contributed by atoms with Crippen LogP contribution in [0.15, 0.2) is 0 Å². The van der Waals surface area contributed by atoms with Crippen molar-refractivity contribution in [1.82, 2.24) is 4.90 Å². The summed E-state index contributed by atoms with van der Waals surface area (Å²) in [5, 5.41) is 11.6. The smallest absolute Gasteiger partial charge is 0.849 e. The van der Waals surface area contributed by atoms with E-state index < -0.39 is 5.60 Å². The van der Waals surface area contributed by atoms with Crippen LogP contribution >= 0.6 is 0 Å². The van der Waals surface area contributed by atoms with Gasteiger partial charge in [-0.2, -0.15) is 0 Å². The maximum absolute atomic E-state index is 11.6. The third kappa shape index (κ3) is 6.12. The molecular formula is C8H18NNaO. The number of hydrogen-bond acceptors (Lipinski definition) is 2. The first-order valence-electron chi connectivity index (χ1n) is 3.89. The second-order valence-electron chi connectivity index (χ2n) is 3.13. The molecule has 0 aliphatic rings. The van der Waals surface area contributed by atoms with Crippen LogP contribution in [0.4, 0.5) is 0 Å². The Morgan fingerprint density at radius 2 is 1.55 bits per heavy atom. The van der Waals surface area contributed by atoms with E-state index in [2.05, 4.69) is 0 Å². The van der Waals surface area contributed by atoms with E-state index in [1.807, 2.05) is 32.8 Å². The van der Waals surface area contributed by atoms with E-state index in [1.165, 1.54) is 0 Å². The molecule has 0 atom stereocenters. The fourth-order valence-electron chi connectivity index (χ4n) is 1.05. The molecule has 0 amide bonds. The van der Waals surface area contributed by atoms with E-state index in [4.69, 9.17) is 0 Å². The third-order valence-electron chi connectivity index (χ3n) is 1.89. The molecule has 2 nitrogen and oxygen atoms in total. The predicted octanol–water partition coefficient (Wildman–Crippen LogP) is -2.53. The number of hydrogen-bond donors (Lipinski definition) is 0. The second kappa shape index (κ2) is 6.44. The molecule has 0 heterocycles. The molecule has 0 unspecified atom stereocenters. The van der Waals surface area contributed by atoms with E-state index >= 15 is 0 Å². The first-order chi connectivity index (χ1) is 4.54. The SMILES string of the molecule is CCC([O-])(CC)CN(C)C.[Na+]. The van der Waals surface area contributed by atoms with Crippen LogP contribution in [0, 0.1) is 0 Å². The largest absolute Gasteiger partial charge is 1.00 e. The molecule has 0 spiro atoms. The minimum absolute atomic E-state index is 0. The first kappa shape index (κ1) is 14.4. The Labute approximate surface area is 92.3 Å². The van der Waals surface area contributed by atoms with Crippen LogP contribution in [0.2, 0.25) is 0 Å². The van der Waals surface area contributed by atoms with E-state index in [0.29, 0.717) is 6.54 Å². The van der Waals surface area contributed by atoms with Gasteiger partial charge in [0.05, 0.1) is 0 Å². The van der Waals surface area contributed by atoms with E-state index in [9.17, 15) is 5.11 Å². The minimum atomic E-state index is -0.719. The summed E-state index contributed by atoms with van der Waals surface area (Å²) in [5.74, 6) is 0. The molecule has 0 saturated carbocycles. The van der Waals surface area contributed by atoms with Crippen molar-refractivity contribution in [2.75, 3.05) is 20.6 Å². The molecule has 0 N–H and O–H groups in total. The molecule has 0 aliphatic carbocycles. The predicted molar refractivity (Wildman–Crippen MR) is 41.9 cm³/mol. The summed E-state index contributed by atoms with van der Waals surface area (Å²) in [6, 6.07) is 0. The van der Waals surface area contributed by atoms with Gasteiger partial charge in [-0.3, -0.25) is 0 Å². The van der Waals surface area contributed by atoms with E-state index in [-0.39, 0.29) is 29.6 Å². The van der Waals surface area contributed by atoms with Gasteiger partial charge in [-0.05, 0) is 20.6 Å². The molecule has 3 heteroatoms. The van der Waals surface area contributed by atoms with Gasteiger partial charge in [0.1, 0.15) is 0 Å². The van der Waals surface area contributed by atoms with Crippen LogP contribution in [-0.4, -0.2) is 31.1 Å². The summed E-state index contributed by atoms with van der Waals surface area (Å²) >= 11 is 0. The minimum Gasteiger partial charge on any atom is -0.849 e. The van der Waals surface area contributed by atoms with Crippen molar-refractivity contribution in [2.45, 2.75) is 32.3 Å². The van der Waals surface area contributed by atoms with Crippen molar-refractivity contribution < 1.29 is 34.7 Å². The topological polar surface area (TPSA) is 26.3 Å². The van der Waals surface area contributed by atoms with Crippen LogP contribution in [-0.2, 0) is 0 Å². The normalized spacial score (nSPS) is 11.5.